The maximum absolute atomic E-state index is 9.93. The second-order valence-corrected chi connectivity index (χ2v) is 5.17. The topological polar surface area (TPSA) is 74.4 Å². The number of methoxy groups -OCH3 is 1. The van der Waals surface area contributed by atoms with E-state index in [-0.39, 0.29) is 18.0 Å². The molecule has 0 heterocycles. The van der Waals surface area contributed by atoms with E-state index < -0.39 is 5.50 Å². The van der Waals surface area contributed by atoms with Gasteiger partial charge >= 0.3 is 0 Å². The zero-order valence-corrected chi connectivity index (χ0v) is 13.3. The smallest absolute Gasteiger partial charge is 0.166 e. The Morgan fingerprint density at radius 3 is 2.57 bits per heavy atom. The predicted octanol–water partition coefficient (Wildman–Crippen LogP) is 3.21. The van der Waals surface area contributed by atoms with E-state index in [0.29, 0.717) is 16.9 Å². The number of aliphatic imine (C=N–C) groups is 2. The number of alkyl halides is 1. The predicted molar refractivity (Wildman–Crippen MR) is 92.5 cm³/mol. The van der Waals surface area contributed by atoms with Gasteiger partial charge in [-0.05, 0) is 24.3 Å². The van der Waals surface area contributed by atoms with E-state index in [0.717, 1.165) is 0 Å². The van der Waals surface area contributed by atoms with E-state index in [4.69, 9.17) is 16.3 Å². The van der Waals surface area contributed by atoms with Crippen LogP contribution in [-0.4, -0.2) is 41.8 Å². The Morgan fingerprint density at radius 1 is 1.09 bits per heavy atom. The number of hydrogen-bond donors (Lipinski definition) is 2. The quantitative estimate of drug-likeness (QED) is 0.484. The number of nitrogens with zero attached hydrogens (tertiary/aromatic N) is 2. The Balaban J connectivity index is 1.97. The summed E-state index contributed by atoms with van der Waals surface area (Å²) >= 11 is 6.07. The summed E-state index contributed by atoms with van der Waals surface area (Å²) in [5.74, 6) is 0.557. The fourth-order valence-electron chi connectivity index (χ4n) is 1.85. The second kappa shape index (κ2) is 8.19. The molecule has 1 unspecified atom stereocenters. The minimum atomic E-state index is -0.571. The summed E-state index contributed by atoms with van der Waals surface area (Å²) in [6.07, 6.45) is 3.02. The molecule has 0 fully saturated rings. The van der Waals surface area contributed by atoms with Crippen LogP contribution in [0.1, 0.15) is 11.1 Å². The highest BCUT2D eigenvalue weighted by Crippen LogP contribution is 2.28. The van der Waals surface area contributed by atoms with Gasteiger partial charge in [0.2, 0.25) is 0 Å². The lowest BCUT2D eigenvalue weighted by Crippen LogP contribution is -2.01. The maximum Gasteiger partial charge on any atom is 0.166 e. The molecule has 0 aromatic heterocycles. The first-order valence-electron chi connectivity index (χ1n) is 6.93. The lowest BCUT2D eigenvalue weighted by Gasteiger charge is -2.05. The Kier molecular flexibility index (Phi) is 6.00. The van der Waals surface area contributed by atoms with Crippen LogP contribution in [0.3, 0.4) is 0 Å². The molecule has 2 rings (SSSR count). The highest BCUT2D eigenvalue weighted by Gasteiger charge is 2.05. The number of halogens is 1. The molecule has 0 saturated heterocycles. The minimum Gasteiger partial charge on any atom is -0.507 e. The first kappa shape index (κ1) is 16.8. The summed E-state index contributed by atoms with van der Waals surface area (Å²) in [5, 5.41) is 19.6. The third kappa shape index (κ3) is 4.72. The van der Waals surface area contributed by atoms with Crippen molar-refractivity contribution in [2.24, 2.45) is 9.98 Å². The van der Waals surface area contributed by atoms with Crippen molar-refractivity contribution in [3.63, 3.8) is 0 Å². The highest BCUT2D eigenvalue weighted by molar-refractivity contribution is 6.21. The minimum absolute atomic E-state index is 0.0302. The number of para-hydroxylation sites is 2. The van der Waals surface area contributed by atoms with Crippen LogP contribution in [0.4, 0.5) is 0 Å². The van der Waals surface area contributed by atoms with Gasteiger partial charge in [-0.15, -0.1) is 0 Å². The summed E-state index contributed by atoms with van der Waals surface area (Å²) in [6.45, 7) is 0.238. The van der Waals surface area contributed by atoms with Gasteiger partial charge in [0.25, 0.3) is 0 Å². The summed E-state index contributed by atoms with van der Waals surface area (Å²) in [7, 11) is 1.48. The third-order valence-corrected chi connectivity index (χ3v) is 3.30. The normalized spacial score (nSPS) is 12.8. The van der Waals surface area contributed by atoms with Gasteiger partial charge in [0.15, 0.2) is 11.5 Å². The molecular formula is C17H17ClN2O3. The first-order valence-corrected chi connectivity index (χ1v) is 7.36. The van der Waals surface area contributed by atoms with Crippen LogP contribution >= 0.6 is 11.6 Å². The summed E-state index contributed by atoms with van der Waals surface area (Å²) in [6, 6.07) is 12.0. The molecule has 0 aliphatic heterocycles. The van der Waals surface area contributed by atoms with Crippen LogP contribution in [0.25, 0.3) is 0 Å². The molecule has 2 aromatic carbocycles. The fourth-order valence-corrected chi connectivity index (χ4v) is 1.99. The Labute approximate surface area is 139 Å². The van der Waals surface area contributed by atoms with Crippen LogP contribution in [0, 0.1) is 0 Å². The van der Waals surface area contributed by atoms with Crippen molar-refractivity contribution >= 4 is 24.0 Å². The van der Waals surface area contributed by atoms with E-state index in [1.54, 1.807) is 42.5 Å². The van der Waals surface area contributed by atoms with Gasteiger partial charge in [0.1, 0.15) is 11.3 Å². The van der Waals surface area contributed by atoms with Crippen molar-refractivity contribution in [1.82, 2.24) is 0 Å². The molecule has 0 aliphatic rings. The standard InChI is InChI=1S/C17H17ClN2O3/c1-23-15-8-4-6-13(17(15)22)9-19-11-16(18)20-10-12-5-2-3-7-14(12)21/h2-10,16,21-22H,11H2,1H3. The van der Waals surface area contributed by atoms with Gasteiger partial charge in [-0.2, -0.15) is 0 Å². The van der Waals surface area contributed by atoms with Crippen LogP contribution in [0.5, 0.6) is 17.2 Å². The van der Waals surface area contributed by atoms with Crippen LogP contribution in [-0.2, 0) is 0 Å². The van der Waals surface area contributed by atoms with Crippen molar-refractivity contribution in [2.45, 2.75) is 5.50 Å². The SMILES string of the molecule is COc1cccc(C=NCC(Cl)N=Cc2ccccc2O)c1O. The molecule has 0 bridgehead atoms. The number of ether oxygens (including phenoxy) is 1. The van der Waals surface area contributed by atoms with E-state index in [2.05, 4.69) is 9.98 Å². The number of aromatic hydroxyl groups is 2. The van der Waals surface area contributed by atoms with Crippen molar-refractivity contribution in [1.29, 1.82) is 0 Å². The van der Waals surface area contributed by atoms with Crippen molar-refractivity contribution in [3.05, 3.63) is 53.6 Å². The van der Waals surface area contributed by atoms with Crippen LogP contribution < -0.4 is 4.74 Å². The molecule has 0 spiro atoms. The molecule has 6 heteroatoms. The average molecular weight is 333 g/mol. The Bertz CT molecular complexity index is 717. The molecule has 0 aliphatic carbocycles. The Morgan fingerprint density at radius 2 is 1.83 bits per heavy atom. The third-order valence-electron chi connectivity index (χ3n) is 3.05. The highest BCUT2D eigenvalue weighted by atomic mass is 35.5. The van der Waals surface area contributed by atoms with Gasteiger partial charge in [-0.3, -0.25) is 9.98 Å². The van der Waals surface area contributed by atoms with E-state index in [9.17, 15) is 10.2 Å². The maximum atomic E-state index is 9.93. The van der Waals surface area contributed by atoms with Crippen molar-refractivity contribution < 1.29 is 14.9 Å². The number of phenols is 2. The largest absolute Gasteiger partial charge is 0.507 e. The van der Waals surface area contributed by atoms with E-state index >= 15 is 0 Å². The molecule has 5 nitrogen and oxygen atoms in total. The number of benzene rings is 2. The van der Waals surface area contributed by atoms with Gasteiger partial charge in [0.05, 0.1) is 13.7 Å². The van der Waals surface area contributed by atoms with E-state index in [1.165, 1.54) is 19.5 Å². The number of rotatable bonds is 6. The van der Waals surface area contributed by atoms with E-state index in [1.807, 2.05) is 0 Å². The summed E-state index contributed by atoms with van der Waals surface area (Å²) in [4.78, 5) is 8.29. The van der Waals surface area contributed by atoms with Gasteiger partial charge in [0, 0.05) is 23.6 Å². The molecule has 1 atom stereocenters. The zero-order chi connectivity index (χ0) is 16.7. The van der Waals surface area contributed by atoms with Crippen LogP contribution in [0.2, 0.25) is 0 Å². The molecule has 23 heavy (non-hydrogen) atoms. The molecule has 0 amide bonds. The van der Waals surface area contributed by atoms with Crippen LogP contribution in [0.15, 0.2) is 52.4 Å². The van der Waals surface area contributed by atoms with Gasteiger partial charge in [-0.25, -0.2) is 0 Å². The molecule has 120 valence electrons. The molecular weight excluding hydrogens is 316 g/mol. The first-order chi connectivity index (χ1) is 11.1. The number of hydrogen-bond acceptors (Lipinski definition) is 5. The van der Waals surface area contributed by atoms with Crippen molar-refractivity contribution in [2.75, 3.05) is 13.7 Å². The zero-order valence-electron chi connectivity index (χ0n) is 12.6. The summed E-state index contributed by atoms with van der Waals surface area (Å²) < 4.78 is 5.03. The Hall–Kier alpha value is -2.53. The van der Waals surface area contributed by atoms with Gasteiger partial charge < -0.3 is 14.9 Å². The van der Waals surface area contributed by atoms with Gasteiger partial charge in [-0.1, -0.05) is 29.8 Å². The summed E-state index contributed by atoms with van der Waals surface area (Å²) in [5.41, 5.74) is 0.559. The molecule has 2 N–H and O–H groups in total. The lowest BCUT2D eigenvalue weighted by molar-refractivity contribution is 0.373. The molecule has 2 aromatic rings. The lowest BCUT2D eigenvalue weighted by atomic mass is 10.2. The van der Waals surface area contributed by atoms with Crippen molar-refractivity contribution in [3.8, 4) is 17.2 Å². The fraction of sp³-hybridized carbons (Fsp3) is 0.176. The average Bonchev–Trinajstić information content (AvgIpc) is 2.55. The molecule has 0 radical (unpaired) electrons. The monoisotopic (exact) mass is 332 g/mol. The molecule has 0 saturated carbocycles. The number of phenolic OH excluding ortho intramolecular Hbond substituents is 2. The second-order valence-electron chi connectivity index (χ2n) is 4.66.